The minimum absolute atomic E-state index is 0. The van der Waals surface area contributed by atoms with Crippen molar-refractivity contribution >= 4 is 80.4 Å². The van der Waals surface area contributed by atoms with Crippen LogP contribution < -0.4 is 0 Å². The average molecular weight is 183 g/mol. The number of hydrogen-bond acceptors (Lipinski definition) is 3. The predicted octanol–water partition coefficient (Wildman–Crippen LogP) is -2.57. The molecule has 0 unspecified atom stereocenters. The first kappa shape index (κ1) is 22.7. The molecular formula is H11CaMgO3PSi. The van der Waals surface area contributed by atoms with Crippen molar-refractivity contribution in [2.75, 3.05) is 0 Å². The molecule has 3 N–H and O–H groups in total. The third-order valence-electron chi connectivity index (χ3n) is 0. The molecule has 42 valence electrons. The van der Waals surface area contributed by atoms with Gasteiger partial charge in [0.2, 0.25) is 0 Å². The zero-order valence-corrected chi connectivity index (χ0v) is 7.72. The van der Waals surface area contributed by atoms with Gasteiger partial charge < -0.3 is 20.4 Å². The maximum Gasteiger partial charge on any atom is 2.00 e. The minimum Gasteiger partial charge on any atom is -1.00 e. The number of rotatable bonds is 0. The van der Waals surface area contributed by atoms with Crippen molar-refractivity contribution in [3.8, 4) is 0 Å². The Hall–Kier alpha value is 2.55. The smallest absolute Gasteiger partial charge is 1.00 e. The fraction of sp³-hybridized carbons (Fsp3) is 0. The molecule has 0 rings (SSSR count). The van der Waals surface area contributed by atoms with Crippen LogP contribution in [-0.4, -0.2) is 86.4 Å². The first-order valence-corrected chi connectivity index (χ1v) is 1.80. The van der Waals surface area contributed by atoms with Gasteiger partial charge in [-0.15, -0.1) is 0 Å². The minimum atomic E-state index is -2.62. The van der Waals surface area contributed by atoms with Gasteiger partial charge >= 0.3 is 69.4 Å². The van der Waals surface area contributed by atoms with Crippen LogP contribution in [0.25, 0.3) is 0 Å². The van der Waals surface area contributed by atoms with Gasteiger partial charge in [0, 0.05) is 0 Å². The van der Waals surface area contributed by atoms with E-state index in [4.69, 9.17) is 14.7 Å². The maximum atomic E-state index is 7.23. The summed E-state index contributed by atoms with van der Waals surface area (Å²) in [4.78, 5) is 21.7. The summed E-state index contributed by atoms with van der Waals surface area (Å²) in [6.07, 6.45) is 0. The van der Waals surface area contributed by atoms with Crippen LogP contribution in [0.1, 0.15) is 5.71 Å². The summed E-state index contributed by atoms with van der Waals surface area (Å²) in [6, 6.07) is 0. The molecule has 0 saturated heterocycles. The van der Waals surface area contributed by atoms with Gasteiger partial charge in [0.1, 0.15) is 0 Å². The fourth-order valence-corrected chi connectivity index (χ4v) is 0. The Morgan fingerprint density at radius 3 is 1.14 bits per heavy atom. The van der Waals surface area contributed by atoms with Gasteiger partial charge in [-0.05, 0) is 11.0 Å². The van der Waals surface area contributed by atoms with E-state index in [1.807, 2.05) is 0 Å². The Morgan fingerprint density at radius 2 is 1.14 bits per heavy atom. The average Bonchev–Trinajstić information content (AvgIpc) is 0.811. The monoisotopic (exact) mass is 182 g/mol. The van der Waals surface area contributed by atoms with Crippen molar-refractivity contribution in [3.63, 3.8) is 0 Å². The third-order valence-corrected chi connectivity index (χ3v) is 0. The molecule has 0 aromatic rings. The van der Waals surface area contributed by atoms with E-state index in [0.29, 0.717) is 0 Å². The van der Waals surface area contributed by atoms with Crippen molar-refractivity contribution in [1.82, 2.24) is 0 Å². The molecule has 0 spiro atoms. The second kappa shape index (κ2) is 15.8. The van der Waals surface area contributed by atoms with Crippen LogP contribution >= 0.6 is 8.60 Å². The van der Waals surface area contributed by atoms with Gasteiger partial charge in [0.05, 0.1) is 0 Å². The third kappa shape index (κ3) is 56.4. The molecule has 0 saturated carbocycles. The van der Waals surface area contributed by atoms with E-state index in [1.165, 1.54) is 0 Å². The zero-order chi connectivity index (χ0) is 3.58. The van der Waals surface area contributed by atoms with Gasteiger partial charge in [-0.25, -0.2) is 0 Å². The molecule has 0 aliphatic rings. The molecule has 0 heterocycles. The number of hydrogen-bond donors (Lipinski definition) is 3. The van der Waals surface area contributed by atoms with E-state index in [9.17, 15) is 0 Å². The molecule has 7 heavy (non-hydrogen) atoms. The molecular weight excluding hydrogens is 171 g/mol. The Balaban J connectivity index is -0.00000000214. The van der Waals surface area contributed by atoms with E-state index in [-0.39, 0.29) is 77.5 Å². The Labute approximate surface area is 99.6 Å². The SMILES string of the molecule is OP(O)O.[Ca+2].[H-].[H-].[H-].[H-].[Mg+2].[SiH4]. The summed E-state index contributed by atoms with van der Waals surface area (Å²) in [5.74, 6) is 0. The van der Waals surface area contributed by atoms with Crippen LogP contribution in [0.5, 0.6) is 0 Å². The zero-order valence-electron chi connectivity index (χ0n) is 7.20. The van der Waals surface area contributed by atoms with Crippen molar-refractivity contribution < 1.29 is 20.4 Å². The van der Waals surface area contributed by atoms with Crippen LogP contribution in [0.4, 0.5) is 0 Å². The molecule has 3 nitrogen and oxygen atoms in total. The van der Waals surface area contributed by atoms with E-state index in [1.54, 1.807) is 0 Å². The molecule has 0 fully saturated rings. The standard InChI is InChI=1S/Ca.Mg.H3O3P.H4Si.4H/c;;1-4(2)3;;;;;/h;;1-3H;1H4;;;;/q2*+2;;;4*-1. The first-order valence-electron chi connectivity index (χ1n) is 0.600. The first-order chi connectivity index (χ1) is 1.73. The van der Waals surface area contributed by atoms with Crippen LogP contribution in [0.2, 0.25) is 0 Å². The second-order valence-corrected chi connectivity index (χ2v) is 0.805. The van der Waals surface area contributed by atoms with E-state index in [0.717, 1.165) is 0 Å². The molecule has 0 aliphatic carbocycles. The molecule has 0 bridgehead atoms. The molecule has 0 atom stereocenters. The van der Waals surface area contributed by atoms with Gasteiger partial charge in [-0.1, -0.05) is 0 Å². The molecule has 0 aromatic heterocycles. The fourth-order valence-electron chi connectivity index (χ4n) is 0. The summed E-state index contributed by atoms with van der Waals surface area (Å²) >= 11 is 0. The van der Waals surface area contributed by atoms with Gasteiger partial charge in [-0.2, -0.15) is 0 Å². The van der Waals surface area contributed by atoms with E-state index < -0.39 is 8.60 Å². The molecule has 7 heteroatoms. The van der Waals surface area contributed by atoms with Crippen LogP contribution in [0, 0.1) is 0 Å². The Morgan fingerprint density at radius 1 is 1.14 bits per heavy atom. The van der Waals surface area contributed by atoms with Gasteiger partial charge in [-0.3, -0.25) is 0 Å². The van der Waals surface area contributed by atoms with Crippen LogP contribution in [-0.2, 0) is 0 Å². The predicted molar refractivity (Wildman–Crippen MR) is 40.9 cm³/mol. The van der Waals surface area contributed by atoms with Gasteiger partial charge in [0.15, 0.2) is 0 Å². The summed E-state index contributed by atoms with van der Waals surface area (Å²) in [6.45, 7) is 0. The van der Waals surface area contributed by atoms with E-state index in [2.05, 4.69) is 0 Å². The quantitative estimate of drug-likeness (QED) is 0.285. The van der Waals surface area contributed by atoms with Crippen molar-refractivity contribution in [2.24, 2.45) is 0 Å². The van der Waals surface area contributed by atoms with Crippen molar-refractivity contribution in [3.05, 3.63) is 0 Å². The van der Waals surface area contributed by atoms with Crippen molar-refractivity contribution in [2.45, 2.75) is 0 Å². The van der Waals surface area contributed by atoms with Gasteiger partial charge in [0.25, 0.3) is 0 Å². The van der Waals surface area contributed by atoms with Crippen LogP contribution in [0.15, 0.2) is 0 Å². The summed E-state index contributed by atoms with van der Waals surface area (Å²) < 4.78 is 0. The Kier molecular flexibility index (Phi) is 51.2. The maximum absolute atomic E-state index is 7.23. The largest absolute Gasteiger partial charge is 2.00 e. The topological polar surface area (TPSA) is 60.7 Å². The molecule has 0 aromatic carbocycles. The summed E-state index contributed by atoms with van der Waals surface area (Å²) in [5.41, 5.74) is 0. The Bertz CT molecular complexity index is 30.1. The second-order valence-electron chi connectivity index (χ2n) is 0.268. The van der Waals surface area contributed by atoms with E-state index >= 15 is 0 Å². The normalized spacial score (nSPS) is 5.14. The molecule has 0 radical (unpaired) electrons. The summed E-state index contributed by atoms with van der Waals surface area (Å²) in [5, 5.41) is 0. The molecule has 0 amide bonds. The summed E-state index contributed by atoms with van der Waals surface area (Å²) in [7, 11) is -2.62. The molecule has 0 aliphatic heterocycles. The van der Waals surface area contributed by atoms with Crippen LogP contribution in [0.3, 0.4) is 0 Å². The van der Waals surface area contributed by atoms with Crippen molar-refractivity contribution in [1.29, 1.82) is 0 Å².